The standard InChI is InChI=1S/C38H46N6O9/c1-22(2)30(39-33(47)53-37(4,5)6)32(46)40-17-19-41(20-18-40)36(50)51-26-13-14-27-29(21-26)52-38(7,8)28-15-16-42-34(48)43(35(49)44(42)31(27)28)25-11-9-24(10-12-25)23(3)45/h9-15,21-22,30-31H,16-20H2,1-8H3,(H,39,47)/t30-,31?/m0/s1. The van der Waals surface area contributed by atoms with Gasteiger partial charge in [0.2, 0.25) is 5.91 Å². The van der Waals surface area contributed by atoms with Crippen LogP contribution in [0.5, 0.6) is 11.5 Å². The van der Waals surface area contributed by atoms with Crippen molar-refractivity contribution < 1.29 is 33.4 Å². The predicted molar refractivity (Wildman–Crippen MR) is 194 cm³/mol. The van der Waals surface area contributed by atoms with E-state index < -0.39 is 46.9 Å². The van der Waals surface area contributed by atoms with Gasteiger partial charge in [-0.3, -0.25) is 9.59 Å². The quantitative estimate of drug-likeness (QED) is 0.293. The summed E-state index contributed by atoms with van der Waals surface area (Å²) in [4.78, 5) is 81.6. The summed E-state index contributed by atoms with van der Waals surface area (Å²) in [5.41, 5.74) is -0.417. The number of benzene rings is 2. The molecule has 282 valence electrons. The van der Waals surface area contributed by atoms with Crippen molar-refractivity contribution in [1.29, 1.82) is 0 Å². The first-order valence-corrected chi connectivity index (χ1v) is 17.7. The summed E-state index contributed by atoms with van der Waals surface area (Å²) in [5.74, 6) is 0.0425. The van der Waals surface area contributed by atoms with Crippen LogP contribution >= 0.6 is 0 Å². The summed E-state index contributed by atoms with van der Waals surface area (Å²) >= 11 is 0. The lowest BCUT2D eigenvalue weighted by Gasteiger charge is -2.42. The number of rotatable bonds is 6. The number of ketones is 1. The predicted octanol–water partition coefficient (Wildman–Crippen LogP) is 3.90. The lowest BCUT2D eigenvalue weighted by molar-refractivity contribution is -0.136. The second-order valence-electron chi connectivity index (χ2n) is 15.4. The van der Waals surface area contributed by atoms with Gasteiger partial charge in [-0.05, 0) is 89.4 Å². The molecule has 1 fully saturated rings. The molecule has 0 aliphatic carbocycles. The largest absolute Gasteiger partial charge is 0.483 e. The molecule has 15 heteroatoms. The summed E-state index contributed by atoms with van der Waals surface area (Å²) in [6.45, 7) is 15.2. The van der Waals surface area contributed by atoms with E-state index >= 15 is 0 Å². The van der Waals surface area contributed by atoms with E-state index in [4.69, 9.17) is 14.2 Å². The van der Waals surface area contributed by atoms with Crippen molar-refractivity contribution >= 4 is 23.9 Å². The minimum absolute atomic E-state index is 0.128. The molecule has 0 radical (unpaired) electrons. The van der Waals surface area contributed by atoms with Crippen LogP contribution in [-0.4, -0.2) is 91.0 Å². The molecule has 3 aliphatic heterocycles. The number of allylic oxidation sites excluding steroid dienone is 1. The van der Waals surface area contributed by atoms with Gasteiger partial charge in [-0.25, -0.2) is 33.1 Å². The number of piperazine rings is 1. The number of aromatic nitrogens is 3. The van der Waals surface area contributed by atoms with Gasteiger partial charge in [0.15, 0.2) is 5.78 Å². The zero-order chi connectivity index (χ0) is 38.6. The number of carbonyl (C=O) groups excluding carboxylic acids is 4. The number of hydrogen-bond acceptors (Lipinski definition) is 9. The first kappa shape index (κ1) is 37.2. The van der Waals surface area contributed by atoms with Crippen molar-refractivity contribution in [3.63, 3.8) is 0 Å². The molecule has 3 aliphatic rings. The summed E-state index contributed by atoms with van der Waals surface area (Å²) in [6, 6.07) is 9.79. The molecule has 1 saturated heterocycles. The van der Waals surface area contributed by atoms with Crippen molar-refractivity contribution in [1.82, 2.24) is 29.0 Å². The average Bonchev–Trinajstić information content (AvgIpc) is 3.34. The zero-order valence-electron chi connectivity index (χ0n) is 31.3. The molecule has 53 heavy (non-hydrogen) atoms. The molecular formula is C38H46N6O9. The van der Waals surface area contributed by atoms with Crippen molar-refractivity contribution in [2.75, 3.05) is 26.2 Å². The minimum Gasteiger partial charge on any atom is -0.483 e. The third-order valence-electron chi connectivity index (χ3n) is 9.61. The Hall–Kier alpha value is -5.60. The van der Waals surface area contributed by atoms with Gasteiger partial charge in [0.1, 0.15) is 34.8 Å². The Labute approximate surface area is 306 Å². The number of ether oxygens (including phenoxy) is 3. The molecule has 2 aromatic carbocycles. The maximum absolute atomic E-state index is 14.0. The zero-order valence-corrected chi connectivity index (χ0v) is 31.3. The van der Waals surface area contributed by atoms with Gasteiger partial charge >= 0.3 is 23.6 Å². The minimum atomic E-state index is -0.874. The molecule has 1 unspecified atom stereocenters. The number of amides is 3. The summed E-state index contributed by atoms with van der Waals surface area (Å²) in [6.07, 6.45) is 0.625. The number of nitrogens with one attached hydrogen (secondary N) is 1. The SMILES string of the molecule is CC(=O)c1ccc(-n2c(=O)n3n(c2=O)C2C(=CC3)C(C)(C)Oc3cc(OC(=O)N4CCN(C(=O)[C@@H](NC(=O)OC(C)(C)C)C(C)C)CC4)ccc32)cc1. The van der Waals surface area contributed by atoms with Gasteiger partial charge in [-0.15, -0.1) is 0 Å². The van der Waals surface area contributed by atoms with Crippen LogP contribution in [0.1, 0.15) is 77.4 Å². The van der Waals surface area contributed by atoms with Crippen molar-refractivity contribution in [2.24, 2.45) is 5.92 Å². The summed E-state index contributed by atoms with van der Waals surface area (Å²) < 4.78 is 21.4. The fourth-order valence-electron chi connectivity index (χ4n) is 6.93. The van der Waals surface area contributed by atoms with Crippen LogP contribution in [0.15, 0.2) is 63.7 Å². The molecule has 2 atom stereocenters. The third-order valence-corrected chi connectivity index (χ3v) is 9.61. The van der Waals surface area contributed by atoms with Crippen LogP contribution in [-0.2, 0) is 16.1 Å². The number of Topliss-reactive ketones (excluding diaryl/α,β-unsaturated/α-hetero) is 1. The van der Waals surface area contributed by atoms with Gasteiger partial charge in [-0.1, -0.05) is 19.9 Å². The highest BCUT2D eigenvalue weighted by Crippen LogP contribution is 2.47. The molecule has 1 N–H and O–H groups in total. The Morgan fingerprint density at radius 3 is 2.17 bits per heavy atom. The second-order valence-corrected chi connectivity index (χ2v) is 15.4. The van der Waals surface area contributed by atoms with E-state index in [0.29, 0.717) is 22.6 Å². The molecule has 1 aromatic heterocycles. The monoisotopic (exact) mass is 730 g/mol. The molecule has 0 saturated carbocycles. The topological polar surface area (TPSA) is 163 Å². The van der Waals surface area contributed by atoms with Gasteiger partial charge in [0.05, 0.1) is 12.2 Å². The van der Waals surface area contributed by atoms with Gasteiger partial charge in [0, 0.05) is 43.4 Å². The first-order valence-electron chi connectivity index (χ1n) is 17.7. The van der Waals surface area contributed by atoms with Crippen LogP contribution in [0.4, 0.5) is 9.59 Å². The summed E-state index contributed by atoms with van der Waals surface area (Å²) in [7, 11) is 0. The highest BCUT2D eigenvalue weighted by atomic mass is 16.6. The second kappa shape index (κ2) is 13.7. The van der Waals surface area contributed by atoms with Gasteiger partial charge < -0.3 is 29.3 Å². The fraction of sp³-hybridized carbons (Fsp3) is 0.474. The lowest BCUT2D eigenvalue weighted by Crippen LogP contribution is -2.57. The van der Waals surface area contributed by atoms with Crippen LogP contribution in [0, 0.1) is 5.92 Å². The Morgan fingerprint density at radius 2 is 1.57 bits per heavy atom. The molecule has 3 amide bonds. The van der Waals surface area contributed by atoms with E-state index in [1.807, 2.05) is 33.8 Å². The smallest absolute Gasteiger partial charge is 0.415 e. The van der Waals surface area contributed by atoms with E-state index in [2.05, 4.69) is 5.32 Å². The molecule has 15 nitrogen and oxygen atoms in total. The van der Waals surface area contributed by atoms with E-state index in [1.165, 1.54) is 21.2 Å². The highest BCUT2D eigenvalue weighted by molar-refractivity contribution is 5.94. The Bertz CT molecular complexity index is 2110. The third kappa shape index (κ3) is 7.24. The van der Waals surface area contributed by atoms with E-state index in [9.17, 15) is 28.8 Å². The van der Waals surface area contributed by atoms with Crippen molar-refractivity contribution in [3.8, 4) is 17.2 Å². The number of alkyl carbamates (subject to hydrolysis) is 1. The van der Waals surface area contributed by atoms with Crippen LogP contribution in [0.2, 0.25) is 0 Å². The molecule has 3 aromatic rings. The van der Waals surface area contributed by atoms with E-state index in [0.717, 1.165) is 10.1 Å². The molecule has 0 bridgehead atoms. The maximum Gasteiger partial charge on any atom is 0.415 e. The summed E-state index contributed by atoms with van der Waals surface area (Å²) in [5, 5.41) is 2.69. The van der Waals surface area contributed by atoms with Crippen LogP contribution in [0.3, 0.4) is 0 Å². The van der Waals surface area contributed by atoms with Gasteiger partial charge in [0.25, 0.3) is 0 Å². The number of fused-ring (bicyclic) bond motifs is 5. The maximum atomic E-state index is 14.0. The number of nitrogens with zero attached hydrogens (tertiary/aromatic N) is 5. The average molecular weight is 731 g/mol. The van der Waals surface area contributed by atoms with Crippen molar-refractivity contribution in [2.45, 2.75) is 85.2 Å². The Balaban J connectivity index is 1.18. The van der Waals surface area contributed by atoms with Crippen LogP contribution in [0.25, 0.3) is 5.69 Å². The Kier molecular flexibility index (Phi) is 9.64. The van der Waals surface area contributed by atoms with E-state index in [1.54, 1.807) is 68.1 Å². The normalized spacial score (nSPS) is 18.1. The van der Waals surface area contributed by atoms with E-state index in [-0.39, 0.29) is 56.1 Å². The van der Waals surface area contributed by atoms with Crippen molar-refractivity contribution in [3.05, 3.63) is 86.2 Å². The molecule has 0 spiro atoms. The first-order chi connectivity index (χ1) is 24.9. The molecular weight excluding hydrogens is 684 g/mol. The lowest BCUT2D eigenvalue weighted by atomic mass is 9.83. The molecule has 4 heterocycles. The Morgan fingerprint density at radius 1 is 0.925 bits per heavy atom. The highest BCUT2D eigenvalue weighted by Gasteiger charge is 2.44. The number of hydrogen-bond donors (Lipinski definition) is 1. The van der Waals surface area contributed by atoms with Crippen LogP contribution < -0.4 is 26.2 Å². The van der Waals surface area contributed by atoms with Gasteiger partial charge in [-0.2, -0.15) is 0 Å². The number of carbonyl (C=O) groups is 4. The fourth-order valence-corrected chi connectivity index (χ4v) is 6.93. The molecule has 6 rings (SSSR count).